The van der Waals surface area contributed by atoms with Gasteiger partial charge in [-0.15, -0.1) is 0 Å². The highest BCUT2D eigenvalue weighted by Crippen LogP contribution is 2.41. The van der Waals surface area contributed by atoms with Crippen LogP contribution in [0.2, 0.25) is 0 Å². The molecule has 10 aromatic rings. The minimum atomic E-state index is 1.15. The largest absolute Gasteiger partial charge is 0.309 e. The van der Waals surface area contributed by atoms with Crippen LogP contribution in [0.25, 0.3) is 88.0 Å². The monoisotopic (exact) mass is 610 g/mol. The first-order valence-electron chi connectivity index (χ1n) is 16.5. The highest BCUT2D eigenvalue weighted by molar-refractivity contribution is 6.19. The van der Waals surface area contributed by atoms with E-state index in [1.54, 1.807) is 0 Å². The lowest BCUT2D eigenvalue weighted by atomic mass is 9.91. The third-order valence-electron chi connectivity index (χ3n) is 9.89. The second-order valence-corrected chi connectivity index (χ2v) is 12.6. The van der Waals surface area contributed by atoms with Gasteiger partial charge in [0, 0.05) is 32.9 Å². The Morgan fingerprint density at radius 1 is 0.271 bits per heavy atom. The lowest BCUT2D eigenvalue weighted by Crippen LogP contribution is -1.96. The van der Waals surface area contributed by atoms with Gasteiger partial charge in [0.05, 0.1) is 22.1 Å². The zero-order valence-electron chi connectivity index (χ0n) is 26.2. The van der Waals surface area contributed by atoms with E-state index >= 15 is 0 Å². The first-order chi connectivity index (χ1) is 23.8. The van der Waals surface area contributed by atoms with Gasteiger partial charge in [-0.05, 0) is 93.7 Å². The molecule has 2 heteroatoms. The van der Waals surface area contributed by atoms with Gasteiger partial charge in [0.2, 0.25) is 0 Å². The fraction of sp³-hybridized carbons (Fsp3) is 0. The Morgan fingerprint density at radius 2 is 0.708 bits per heavy atom. The molecule has 0 radical (unpaired) electrons. The molecule has 0 aliphatic carbocycles. The van der Waals surface area contributed by atoms with Gasteiger partial charge in [-0.3, -0.25) is 0 Å². The molecule has 2 aromatic heterocycles. The van der Waals surface area contributed by atoms with Crippen molar-refractivity contribution in [1.29, 1.82) is 0 Å². The Balaban J connectivity index is 1.20. The lowest BCUT2D eigenvalue weighted by Gasteiger charge is -2.14. The first-order valence-corrected chi connectivity index (χ1v) is 16.5. The molecule has 0 atom stereocenters. The topological polar surface area (TPSA) is 9.86 Å². The van der Waals surface area contributed by atoms with Crippen LogP contribution in [0, 0.1) is 0 Å². The van der Waals surface area contributed by atoms with Gasteiger partial charge in [0.1, 0.15) is 0 Å². The molecule has 224 valence electrons. The van der Waals surface area contributed by atoms with Gasteiger partial charge in [0.15, 0.2) is 0 Å². The number of hydrogen-bond donors (Lipinski definition) is 0. The Labute approximate surface area is 278 Å². The van der Waals surface area contributed by atoms with E-state index in [4.69, 9.17) is 0 Å². The van der Waals surface area contributed by atoms with Gasteiger partial charge >= 0.3 is 0 Å². The second kappa shape index (κ2) is 10.6. The van der Waals surface area contributed by atoms with Crippen molar-refractivity contribution < 1.29 is 0 Å². The van der Waals surface area contributed by atoms with Crippen LogP contribution in [0.5, 0.6) is 0 Å². The van der Waals surface area contributed by atoms with Crippen LogP contribution in [0.3, 0.4) is 0 Å². The number of nitrogens with zero attached hydrogens (tertiary/aromatic N) is 2. The smallest absolute Gasteiger partial charge is 0.0562 e. The van der Waals surface area contributed by atoms with Crippen molar-refractivity contribution in [3.05, 3.63) is 182 Å². The highest BCUT2D eigenvalue weighted by atomic mass is 15.0. The van der Waals surface area contributed by atoms with Gasteiger partial charge in [-0.25, -0.2) is 0 Å². The van der Waals surface area contributed by atoms with E-state index in [0.29, 0.717) is 0 Å². The minimum absolute atomic E-state index is 1.15. The van der Waals surface area contributed by atoms with Gasteiger partial charge in [0.25, 0.3) is 0 Å². The fourth-order valence-corrected chi connectivity index (χ4v) is 7.69. The molecule has 0 saturated heterocycles. The summed E-state index contributed by atoms with van der Waals surface area (Å²) < 4.78 is 4.83. The maximum Gasteiger partial charge on any atom is 0.0562 e. The molecule has 48 heavy (non-hydrogen) atoms. The van der Waals surface area contributed by atoms with Crippen molar-refractivity contribution in [2.75, 3.05) is 0 Å². The summed E-state index contributed by atoms with van der Waals surface area (Å²) >= 11 is 0. The zero-order chi connectivity index (χ0) is 31.6. The lowest BCUT2D eigenvalue weighted by molar-refractivity contribution is 1.16. The SMILES string of the molecule is c1ccc(-c2cc3ccccc3cc2-c2ccc(-n3c4ccccc4c4cc5c6ccccc6n(-c6ccccc6)c5cc43)cc2)cc1. The Hall–Kier alpha value is -6.38. The molecule has 0 saturated carbocycles. The number of para-hydroxylation sites is 3. The molecule has 0 amide bonds. The summed E-state index contributed by atoms with van der Waals surface area (Å²) in [6.45, 7) is 0. The number of aromatic nitrogens is 2. The molecule has 0 bridgehead atoms. The molecule has 0 N–H and O–H groups in total. The van der Waals surface area contributed by atoms with Crippen molar-refractivity contribution in [2.45, 2.75) is 0 Å². The molecule has 10 rings (SSSR count). The van der Waals surface area contributed by atoms with Crippen molar-refractivity contribution in [3.63, 3.8) is 0 Å². The summed E-state index contributed by atoms with van der Waals surface area (Å²) in [5.74, 6) is 0. The zero-order valence-corrected chi connectivity index (χ0v) is 26.2. The van der Waals surface area contributed by atoms with Crippen LogP contribution in [0.15, 0.2) is 182 Å². The summed E-state index contributed by atoms with van der Waals surface area (Å²) in [5, 5.41) is 7.56. The van der Waals surface area contributed by atoms with E-state index < -0.39 is 0 Å². The maximum atomic E-state index is 2.43. The van der Waals surface area contributed by atoms with Crippen molar-refractivity contribution in [1.82, 2.24) is 9.13 Å². The Kier molecular flexibility index (Phi) is 5.91. The summed E-state index contributed by atoms with van der Waals surface area (Å²) in [6, 6.07) is 66.2. The molecular formula is C46H30N2. The number of fused-ring (bicyclic) bond motifs is 7. The summed E-state index contributed by atoms with van der Waals surface area (Å²) in [4.78, 5) is 0. The molecule has 0 aliphatic heterocycles. The van der Waals surface area contributed by atoms with Gasteiger partial charge in [-0.2, -0.15) is 0 Å². The Bertz CT molecular complexity index is 2800. The fourth-order valence-electron chi connectivity index (χ4n) is 7.69. The molecule has 0 unspecified atom stereocenters. The van der Waals surface area contributed by atoms with Crippen molar-refractivity contribution >= 4 is 54.4 Å². The van der Waals surface area contributed by atoms with E-state index in [1.165, 1.54) is 82.3 Å². The minimum Gasteiger partial charge on any atom is -0.309 e. The first kappa shape index (κ1) is 26.8. The molecule has 8 aromatic carbocycles. The summed E-state index contributed by atoms with van der Waals surface area (Å²) in [6.07, 6.45) is 0. The van der Waals surface area contributed by atoms with Crippen LogP contribution in [0.4, 0.5) is 0 Å². The summed E-state index contributed by atoms with van der Waals surface area (Å²) in [7, 11) is 0. The molecule has 0 aliphatic rings. The van der Waals surface area contributed by atoms with Crippen LogP contribution >= 0.6 is 0 Å². The second-order valence-electron chi connectivity index (χ2n) is 12.6. The van der Waals surface area contributed by atoms with Gasteiger partial charge in [-0.1, -0.05) is 121 Å². The van der Waals surface area contributed by atoms with Gasteiger partial charge < -0.3 is 9.13 Å². The van der Waals surface area contributed by atoms with E-state index in [1.807, 2.05) is 0 Å². The Morgan fingerprint density at radius 3 is 1.27 bits per heavy atom. The van der Waals surface area contributed by atoms with Crippen LogP contribution in [0.1, 0.15) is 0 Å². The molecule has 2 heterocycles. The predicted molar refractivity (Wildman–Crippen MR) is 203 cm³/mol. The standard InChI is InChI=1S/C46H30N2/c1-3-13-31(14-4-1)39-27-33-15-7-8-16-34(33)28-40(39)32-23-25-36(26-24-32)48-44-22-12-10-20-38(44)42-29-41-37-19-9-11-21-43(37)47(45(41)30-46(42)48)35-17-5-2-6-18-35/h1-30H. The van der Waals surface area contributed by atoms with Crippen molar-refractivity contribution in [3.8, 4) is 33.6 Å². The van der Waals surface area contributed by atoms with Crippen molar-refractivity contribution in [2.24, 2.45) is 0 Å². The number of rotatable bonds is 4. The van der Waals surface area contributed by atoms with E-state index in [2.05, 4.69) is 191 Å². The van der Waals surface area contributed by atoms with E-state index in [0.717, 1.165) is 5.69 Å². The average molecular weight is 611 g/mol. The maximum absolute atomic E-state index is 2.43. The predicted octanol–water partition coefficient (Wildman–Crippen LogP) is 12.4. The van der Waals surface area contributed by atoms with E-state index in [9.17, 15) is 0 Å². The molecular weight excluding hydrogens is 581 g/mol. The third-order valence-corrected chi connectivity index (χ3v) is 9.89. The normalized spacial score (nSPS) is 11.8. The third kappa shape index (κ3) is 4.06. The van der Waals surface area contributed by atoms with Crippen LogP contribution in [-0.2, 0) is 0 Å². The van der Waals surface area contributed by atoms with E-state index in [-0.39, 0.29) is 0 Å². The highest BCUT2D eigenvalue weighted by Gasteiger charge is 2.18. The van der Waals surface area contributed by atoms with Crippen LogP contribution < -0.4 is 0 Å². The quantitative estimate of drug-likeness (QED) is 0.188. The molecule has 0 spiro atoms. The van der Waals surface area contributed by atoms with Crippen LogP contribution in [-0.4, -0.2) is 9.13 Å². The average Bonchev–Trinajstić information content (AvgIpc) is 3.66. The molecule has 0 fully saturated rings. The molecule has 2 nitrogen and oxygen atoms in total. The number of benzene rings is 8. The summed E-state index contributed by atoms with van der Waals surface area (Å²) in [5.41, 5.74) is 12.1. The number of hydrogen-bond acceptors (Lipinski definition) is 0.